The second-order valence-electron chi connectivity index (χ2n) is 11.2. The summed E-state index contributed by atoms with van der Waals surface area (Å²) in [6, 6.07) is 15.9. The highest BCUT2D eigenvalue weighted by Gasteiger charge is 2.45. The van der Waals surface area contributed by atoms with E-state index in [0.717, 1.165) is 35.9 Å². The van der Waals surface area contributed by atoms with Gasteiger partial charge in [-0.1, -0.05) is 43.5 Å². The highest BCUT2D eigenvalue weighted by atomic mass is 16.2. The zero-order chi connectivity index (χ0) is 27.7. The van der Waals surface area contributed by atoms with Crippen LogP contribution in [0.4, 0.5) is 11.6 Å². The molecule has 0 bridgehead atoms. The van der Waals surface area contributed by atoms with E-state index < -0.39 is 5.54 Å². The molecule has 9 heteroatoms. The monoisotopic (exact) mass is 537 g/mol. The van der Waals surface area contributed by atoms with Crippen LogP contribution in [0.5, 0.6) is 0 Å². The summed E-state index contributed by atoms with van der Waals surface area (Å²) in [5.74, 6) is 0.476. The first kappa shape index (κ1) is 26.0. The van der Waals surface area contributed by atoms with E-state index in [1.54, 1.807) is 17.3 Å². The van der Waals surface area contributed by atoms with Crippen LogP contribution in [0.15, 0.2) is 60.9 Å². The topological polar surface area (TPSA) is 105 Å². The van der Waals surface area contributed by atoms with E-state index in [-0.39, 0.29) is 11.8 Å². The number of amides is 2. The molecular weight excluding hydrogens is 502 g/mol. The summed E-state index contributed by atoms with van der Waals surface area (Å²) in [7, 11) is 3.71. The maximum Gasteiger partial charge on any atom is 0.252 e. The molecule has 40 heavy (non-hydrogen) atoms. The Hall–Kier alpha value is -4.27. The van der Waals surface area contributed by atoms with Crippen molar-refractivity contribution in [3.63, 3.8) is 0 Å². The molecule has 2 aliphatic rings. The quantitative estimate of drug-likeness (QED) is 0.335. The first-order valence-corrected chi connectivity index (χ1v) is 14.1. The van der Waals surface area contributed by atoms with E-state index in [0.29, 0.717) is 36.0 Å². The Labute approximate surface area is 234 Å². The third-order valence-electron chi connectivity index (χ3n) is 8.26. The number of para-hydroxylation sites is 1. The van der Waals surface area contributed by atoms with E-state index >= 15 is 0 Å². The number of fused-ring (bicyclic) bond motifs is 1. The van der Waals surface area contributed by atoms with E-state index in [4.69, 9.17) is 5.10 Å². The Kier molecular flexibility index (Phi) is 6.96. The SMILES string of the molecule is CN(C)c1ncc(NC(=O)C2(NC(=O)c3ccc4c(C5CCCCC5)n(-c5ccccc5)nc4c3)CCC2)cn1. The molecule has 0 atom stereocenters. The number of carbonyl (C=O) groups excluding carboxylic acids is 2. The van der Waals surface area contributed by atoms with Crippen molar-refractivity contribution in [2.24, 2.45) is 0 Å². The number of anilines is 2. The van der Waals surface area contributed by atoms with Gasteiger partial charge >= 0.3 is 0 Å². The van der Waals surface area contributed by atoms with Crippen molar-refractivity contribution in [3.05, 3.63) is 72.2 Å². The minimum Gasteiger partial charge on any atom is -0.347 e. The second-order valence-corrected chi connectivity index (χ2v) is 11.2. The third kappa shape index (κ3) is 4.92. The molecule has 2 aliphatic carbocycles. The summed E-state index contributed by atoms with van der Waals surface area (Å²) >= 11 is 0. The minimum absolute atomic E-state index is 0.248. The molecule has 4 aromatic rings. The van der Waals surface area contributed by atoms with Gasteiger partial charge in [-0.15, -0.1) is 0 Å². The fourth-order valence-corrected chi connectivity index (χ4v) is 5.88. The third-order valence-corrected chi connectivity index (χ3v) is 8.26. The summed E-state index contributed by atoms with van der Waals surface area (Å²) in [6.07, 6.45) is 11.2. The van der Waals surface area contributed by atoms with Gasteiger partial charge in [-0.05, 0) is 56.4 Å². The van der Waals surface area contributed by atoms with Crippen LogP contribution >= 0.6 is 0 Å². The van der Waals surface area contributed by atoms with Crippen molar-refractivity contribution in [1.82, 2.24) is 25.1 Å². The van der Waals surface area contributed by atoms with Gasteiger partial charge in [0.15, 0.2) is 0 Å². The van der Waals surface area contributed by atoms with Crippen LogP contribution in [0.3, 0.4) is 0 Å². The fraction of sp³-hybridized carbons (Fsp3) is 0.387. The standard InChI is InChI=1S/C31H35N7O2/c1-37(2)30-32-19-23(20-33-30)34-29(40)31(16-9-17-31)35-28(39)22-14-15-25-26(18-22)36-38(24-12-7-4-8-13-24)27(25)21-10-5-3-6-11-21/h4,7-8,12-15,18-21H,3,5-6,9-11,16-17H2,1-2H3,(H,34,40)(H,35,39). The summed E-state index contributed by atoms with van der Waals surface area (Å²) in [5.41, 5.74) is 3.09. The van der Waals surface area contributed by atoms with Crippen molar-refractivity contribution in [2.75, 3.05) is 24.3 Å². The molecule has 6 rings (SSSR count). The van der Waals surface area contributed by atoms with Crippen molar-refractivity contribution in [2.45, 2.75) is 62.8 Å². The number of benzene rings is 2. The van der Waals surface area contributed by atoms with Crippen LogP contribution < -0.4 is 15.5 Å². The smallest absolute Gasteiger partial charge is 0.252 e. The lowest BCUT2D eigenvalue weighted by Crippen LogP contribution is -2.61. The average Bonchev–Trinajstić information content (AvgIpc) is 3.35. The number of hydrogen-bond acceptors (Lipinski definition) is 6. The first-order chi connectivity index (χ1) is 19.4. The van der Waals surface area contributed by atoms with Crippen molar-refractivity contribution >= 4 is 34.4 Å². The van der Waals surface area contributed by atoms with Gasteiger partial charge < -0.3 is 15.5 Å². The second kappa shape index (κ2) is 10.7. The highest BCUT2D eigenvalue weighted by Crippen LogP contribution is 2.38. The van der Waals surface area contributed by atoms with E-state index in [1.807, 2.05) is 50.5 Å². The Morgan fingerprint density at radius 1 is 0.950 bits per heavy atom. The largest absolute Gasteiger partial charge is 0.347 e. The molecule has 2 N–H and O–H groups in total. The van der Waals surface area contributed by atoms with Gasteiger partial charge in [0.2, 0.25) is 11.9 Å². The lowest BCUT2D eigenvalue weighted by atomic mass is 9.75. The first-order valence-electron chi connectivity index (χ1n) is 14.1. The molecule has 2 heterocycles. The van der Waals surface area contributed by atoms with Crippen LogP contribution in [0.25, 0.3) is 16.6 Å². The Morgan fingerprint density at radius 2 is 1.68 bits per heavy atom. The molecule has 0 radical (unpaired) electrons. The molecule has 0 saturated heterocycles. The number of hydrogen-bond donors (Lipinski definition) is 2. The Bertz CT molecular complexity index is 1520. The molecule has 0 unspecified atom stereocenters. The number of nitrogens with one attached hydrogen (secondary N) is 2. The highest BCUT2D eigenvalue weighted by molar-refractivity contribution is 6.05. The van der Waals surface area contributed by atoms with Crippen molar-refractivity contribution in [3.8, 4) is 5.69 Å². The van der Waals surface area contributed by atoms with Gasteiger partial charge in [0.1, 0.15) is 5.54 Å². The molecule has 2 fully saturated rings. The molecule has 2 aromatic carbocycles. The maximum atomic E-state index is 13.5. The summed E-state index contributed by atoms with van der Waals surface area (Å²) in [5, 5.41) is 12.0. The van der Waals surface area contributed by atoms with E-state index in [2.05, 4.69) is 37.4 Å². The Morgan fingerprint density at radius 3 is 2.33 bits per heavy atom. The predicted molar refractivity (Wildman–Crippen MR) is 156 cm³/mol. The molecule has 0 aliphatic heterocycles. The lowest BCUT2D eigenvalue weighted by molar-refractivity contribution is -0.125. The minimum atomic E-state index is -0.955. The zero-order valence-corrected chi connectivity index (χ0v) is 23.1. The van der Waals surface area contributed by atoms with Gasteiger partial charge in [0.25, 0.3) is 5.91 Å². The van der Waals surface area contributed by atoms with Gasteiger partial charge in [-0.3, -0.25) is 9.59 Å². The molecule has 2 saturated carbocycles. The van der Waals surface area contributed by atoms with Crippen LogP contribution in [-0.4, -0.2) is 51.2 Å². The number of nitrogens with zero attached hydrogens (tertiary/aromatic N) is 5. The molecule has 2 aromatic heterocycles. The van der Waals surface area contributed by atoms with Crippen LogP contribution in [0.1, 0.15) is 73.3 Å². The van der Waals surface area contributed by atoms with E-state index in [1.165, 1.54) is 25.0 Å². The summed E-state index contributed by atoms with van der Waals surface area (Å²) in [4.78, 5) is 37.1. The van der Waals surface area contributed by atoms with Crippen LogP contribution in [0.2, 0.25) is 0 Å². The molecule has 2 amide bonds. The van der Waals surface area contributed by atoms with E-state index in [9.17, 15) is 9.59 Å². The normalized spacial score (nSPS) is 16.8. The number of aromatic nitrogens is 4. The van der Waals surface area contributed by atoms with Crippen LogP contribution in [0, 0.1) is 0 Å². The van der Waals surface area contributed by atoms with Gasteiger partial charge in [0.05, 0.1) is 35.0 Å². The molecule has 9 nitrogen and oxygen atoms in total. The number of carbonyl (C=O) groups is 2. The maximum absolute atomic E-state index is 13.5. The zero-order valence-electron chi connectivity index (χ0n) is 23.1. The van der Waals surface area contributed by atoms with Gasteiger partial charge in [-0.25, -0.2) is 14.6 Å². The van der Waals surface area contributed by atoms with Crippen molar-refractivity contribution in [1.29, 1.82) is 0 Å². The summed E-state index contributed by atoms with van der Waals surface area (Å²) < 4.78 is 2.06. The Balaban J connectivity index is 1.25. The fourth-order valence-electron chi connectivity index (χ4n) is 5.88. The lowest BCUT2D eigenvalue weighted by Gasteiger charge is -2.40. The molecule has 0 spiro atoms. The average molecular weight is 538 g/mol. The number of rotatable bonds is 7. The van der Waals surface area contributed by atoms with Gasteiger partial charge in [0, 0.05) is 31.0 Å². The summed E-state index contributed by atoms with van der Waals surface area (Å²) in [6.45, 7) is 0. The molecule has 206 valence electrons. The van der Waals surface area contributed by atoms with Gasteiger partial charge in [-0.2, -0.15) is 5.10 Å². The van der Waals surface area contributed by atoms with Crippen molar-refractivity contribution < 1.29 is 9.59 Å². The predicted octanol–water partition coefficient (Wildman–Crippen LogP) is 5.22. The molecular formula is C31H35N7O2. The van der Waals surface area contributed by atoms with Crippen LogP contribution in [-0.2, 0) is 4.79 Å².